The number of hydrogen-bond donors (Lipinski definition) is 1. The van der Waals surface area contributed by atoms with Crippen molar-refractivity contribution in [1.82, 2.24) is 8.87 Å². The Morgan fingerprint density at radius 3 is 2.09 bits per heavy atom. The molecule has 0 aliphatic carbocycles. The maximum Gasteiger partial charge on any atom is 0.573 e. The molecular formula is C23H18Cl2F3N3OS. The predicted molar refractivity (Wildman–Crippen MR) is 129 cm³/mol. The highest BCUT2D eigenvalue weighted by Crippen LogP contribution is 2.38. The molecular weight excluding hydrogens is 494 g/mol. The van der Waals surface area contributed by atoms with E-state index in [1.165, 1.54) is 24.3 Å². The number of nitrogens with zero attached hydrogens (tertiary/aromatic N) is 2. The lowest BCUT2D eigenvalue weighted by atomic mass is 10.1. The maximum atomic E-state index is 12.3. The molecule has 33 heavy (non-hydrogen) atoms. The van der Waals surface area contributed by atoms with E-state index in [0.29, 0.717) is 15.7 Å². The number of alkyl halides is 3. The smallest absolute Gasteiger partial charge is 0.406 e. The van der Waals surface area contributed by atoms with Crippen molar-refractivity contribution in [2.75, 3.05) is 17.8 Å². The number of nitrogens with one attached hydrogen (secondary N) is 1. The summed E-state index contributed by atoms with van der Waals surface area (Å²) in [5.41, 5.74) is 2.92. The van der Waals surface area contributed by atoms with Gasteiger partial charge in [0, 0.05) is 68.8 Å². The lowest BCUT2D eigenvalue weighted by molar-refractivity contribution is -0.274. The topological polar surface area (TPSA) is 29.4 Å². The Labute approximate surface area is 202 Å². The first kappa shape index (κ1) is 22.5. The summed E-state index contributed by atoms with van der Waals surface area (Å²) in [6, 6.07) is 17.8. The summed E-state index contributed by atoms with van der Waals surface area (Å²) < 4.78 is 48.6. The molecule has 1 aliphatic rings. The van der Waals surface area contributed by atoms with Crippen LogP contribution in [-0.4, -0.2) is 28.3 Å². The first-order valence-electron chi connectivity index (χ1n) is 10.2. The van der Waals surface area contributed by atoms with Gasteiger partial charge in [0.25, 0.3) is 0 Å². The lowest BCUT2D eigenvalue weighted by Crippen LogP contribution is -2.17. The highest BCUT2D eigenvalue weighted by Gasteiger charge is 2.31. The van der Waals surface area contributed by atoms with E-state index in [2.05, 4.69) is 18.3 Å². The molecule has 1 atom stereocenters. The number of anilines is 1. The van der Waals surface area contributed by atoms with Crippen molar-refractivity contribution in [3.05, 3.63) is 70.7 Å². The van der Waals surface area contributed by atoms with Crippen LogP contribution in [0.4, 0.5) is 18.9 Å². The second-order valence-corrected chi connectivity index (χ2v) is 9.56. The molecule has 0 saturated carbocycles. The van der Waals surface area contributed by atoms with Crippen molar-refractivity contribution >= 4 is 62.8 Å². The zero-order valence-electron chi connectivity index (χ0n) is 17.1. The molecule has 10 heteroatoms. The molecule has 1 aliphatic heterocycles. The monoisotopic (exact) mass is 511 g/mol. The van der Waals surface area contributed by atoms with Crippen LogP contribution in [0.1, 0.15) is 12.5 Å². The summed E-state index contributed by atoms with van der Waals surface area (Å²) in [7, 11) is 0. The molecule has 1 fully saturated rings. The van der Waals surface area contributed by atoms with Crippen LogP contribution in [0, 0.1) is 0 Å². The molecule has 1 N–H and O–H groups in total. The summed E-state index contributed by atoms with van der Waals surface area (Å²) in [5.74, 6) is -0.245. The van der Waals surface area contributed by atoms with E-state index in [1.54, 1.807) is 12.1 Å². The Kier molecular flexibility index (Phi) is 6.03. The lowest BCUT2D eigenvalue weighted by Gasteiger charge is -2.18. The van der Waals surface area contributed by atoms with E-state index in [0.717, 1.165) is 41.3 Å². The zero-order chi connectivity index (χ0) is 23.2. The van der Waals surface area contributed by atoms with E-state index in [1.807, 2.05) is 36.4 Å². The number of rotatable bonds is 5. The summed E-state index contributed by atoms with van der Waals surface area (Å²) in [6.45, 7) is 1.66. The minimum Gasteiger partial charge on any atom is -0.406 e. The van der Waals surface area contributed by atoms with Crippen molar-refractivity contribution in [3.63, 3.8) is 0 Å². The van der Waals surface area contributed by atoms with Crippen molar-refractivity contribution < 1.29 is 17.9 Å². The van der Waals surface area contributed by atoms with Crippen LogP contribution in [0.25, 0.3) is 21.8 Å². The summed E-state index contributed by atoms with van der Waals surface area (Å²) in [5, 5.41) is 3.51. The second-order valence-electron chi connectivity index (χ2n) is 7.79. The van der Waals surface area contributed by atoms with E-state index in [-0.39, 0.29) is 11.8 Å². The molecule has 1 saturated heterocycles. The number of fused-ring (bicyclic) bond motifs is 3. The van der Waals surface area contributed by atoms with E-state index < -0.39 is 6.36 Å². The number of ether oxygens (including phenoxy) is 1. The van der Waals surface area contributed by atoms with Crippen LogP contribution < -0.4 is 9.46 Å². The third kappa shape index (κ3) is 4.84. The van der Waals surface area contributed by atoms with E-state index in [9.17, 15) is 13.2 Å². The van der Waals surface area contributed by atoms with Gasteiger partial charge in [0.05, 0.1) is 0 Å². The number of benzene rings is 3. The standard InChI is InChI=1S/C23H18Cl2F3N3OS/c24-14-1-7-21-19(11-14)20-12-15(25)2-8-22(20)31(21)17-9-10-30(13-17)33-29-16-3-5-18(6-4-16)32-23(26,27)28/h1-8,11-12,17,29H,9-10,13H2/t17-/m0/s1. The van der Waals surface area contributed by atoms with Gasteiger partial charge in [-0.1, -0.05) is 23.2 Å². The fraction of sp³-hybridized carbons (Fsp3) is 0.217. The van der Waals surface area contributed by atoms with E-state index in [4.69, 9.17) is 23.2 Å². The third-order valence-electron chi connectivity index (χ3n) is 5.60. The van der Waals surface area contributed by atoms with E-state index >= 15 is 0 Å². The third-order valence-corrected chi connectivity index (χ3v) is 6.99. The normalized spacial score (nSPS) is 17.2. The van der Waals surface area contributed by atoms with Gasteiger partial charge < -0.3 is 14.0 Å². The van der Waals surface area contributed by atoms with Crippen molar-refractivity contribution in [2.24, 2.45) is 0 Å². The molecule has 0 unspecified atom stereocenters. The van der Waals surface area contributed by atoms with Gasteiger partial charge in [0.2, 0.25) is 0 Å². The fourth-order valence-electron chi connectivity index (χ4n) is 4.24. The van der Waals surface area contributed by atoms with Crippen LogP contribution in [0.15, 0.2) is 60.7 Å². The molecule has 4 aromatic rings. The molecule has 0 amide bonds. The summed E-state index contributed by atoms with van der Waals surface area (Å²) in [4.78, 5) is 0. The molecule has 0 radical (unpaired) electrons. The summed E-state index contributed by atoms with van der Waals surface area (Å²) in [6.07, 6.45) is -3.74. The van der Waals surface area contributed by atoms with Gasteiger partial charge in [-0.15, -0.1) is 13.2 Å². The Bertz CT molecular complexity index is 1250. The fourth-order valence-corrected chi connectivity index (χ4v) is 5.40. The molecule has 172 valence electrons. The van der Waals surface area contributed by atoms with Crippen LogP contribution >= 0.6 is 35.3 Å². The van der Waals surface area contributed by atoms with Crippen molar-refractivity contribution in [3.8, 4) is 5.75 Å². The van der Waals surface area contributed by atoms with Gasteiger partial charge in [-0.05, 0) is 67.1 Å². The van der Waals surface area contributed by atoms with Gasteiger partial charge >= 0.3 is 6.36 Å². The number of halogens is 5. The van der Waals surface area contributed by atoms with Crippen LogP contribution in [-0.2, 0) is 0 Å². The van der Waals surface area contributed by atoms with Crippen LogP contribution in [0.2, 0.25) is 10.0 Å². The second kappa shape index (κ2) is 8.83. The predicted octanol–water partition coefficient (Wildman–Crippen LogP) is 7.92. The van der Waals surface area contributed by atoms with Gasteiger partial charge in [0.1, 0.15) is 5.75 Å². The first-order valence-corrected chi connectivity index (χ1v) is 11.7. The molecule has 3 aromatic carbocycles. The Hall–Kier alpha value is -2.26. The number of hydrogen-bond acceptors (Lipinski definition) is 4. The summed E-state index contributed by atoms with van der Waals surface area (Å²) >= 11 is 14.0. The minimum atomic E-state index is -4.70. The van der Waals surface area contributed by atoms with Crippen molar-refractivity contribution in [1.29, 1.82) is 0 Å². The number of aromatic nitrogens is 1. The average molecular weight is 512 g/mol. The maximum absolute atomic E-state index is 12.3. The highest BCUT2D eigenvalue weighted by atomic mass is 35.5. The van der Waals surface area contributed by atoms with Gasteiger partial charge in [-0.2, -0.15) is 0 Å². The molecule has 0 spiro atoms. The average Bonchev–Trinajstić information content (AvgIpc) is 3.34. The quantitative estimate of drug-likeness (QED) is 0.275. The minimum absolute atomic E-state index is 0.245. The SMILES string of the molecule is FC(F)(F)Oc1ccc(NSN2CC[C@H](n3c4ccc(Cl)cc4c4cc(Cl)ccc43)C2)cc1. The molecule has 0 bridgehead atoms. The molecule has 1 aromatic heterocycles. The molecule has 4 nitrogen and oxygen atoms in total. The Morgan fingerprint density at radius 1 is 0.909 bits per heavy atom. The van der Waals surface area contributed by atoms with Crippen LogP contribution in [0.3, 0.4) is 0 Å². The largest absolute Gasteiger partial charge is 0.573 e. The van der Waals surface area contributed by atoms with Crippen molar-refractivity contribution in [2.45, 2.75) is 18.8 Å². The first-order chi connectivity index (χ1) is 15.8. The van der Waals surface area contributed by atoms with Gasteiger partial charge in [-0.3, -0.25) is 0 Å². The molecule has 5 rings (SSSR count). The van der Waals surface area contributed by atoms with Crippen LogP contribution in [0.5, 0.6) is 5.75 Å². The molecule has 2 heterocycles. The Morgan fingerprint density at radius 2 is 1.52 bits per heavy atom. The highest BCUT2D eigenvalue weighted by molar-refractivity contribution is 7.98. The van der Waals surface area contributed by atoms with Gasteiger partial charge in [0.15, 0.2) is 0 Å². The Balaban J connectivity index is 1.31. The van der Waals surface area contributed by atoms with Gasteiger partial charge in [-0.25, -0.2) is 4.31 Å². The zero-order valence-corrected chi connectivity index (χ0v) is 19.4.